The summed E-state index contributed by atoms with van der Waals surface area (Å²) in [7, 11) is 1.38. The summed E-state index contributed by atoms with van der Waals surface area (Å²) in [6.45, 7) is 7.83. The van der Waals surface area contributed by atoms with Crippen LogP contribution >= 0.6 is 0 Å². The highest BCUT2D eigenvalue weighted by Gasteiger charge is 2.19. The maximum atomic E-state index is 12.3. The molecule has 0 aliphatic carbocycles. The van der Waals surface area contributed by atoms with Crippen molar-refractivity contribution < 1.29 is 38.6 Å². The second-order valence-corrected chi connectivity index (χ2v) is 10.2. The number of carbonyl (C=O) groups is 4. The number of benzene rings is 2. The Balaban J connectivity index is 0.000000460. The van der Waals surface area contributed by atoms with E-state index < -0.39 is 18.1 Å². The van der Waals surface area contributed by atoms with Crippen LogP contribution in [0.1, 0.15) is 64.2 Å². The standard InChI is InChI=1S/C18H25NO4.C17H24N2O4/c1-3-14-23-16(12-8-5-9-13-17(20)22-2)18(21)19-15-10-6-4-7-11-15;1-2-13-23-15(11-7-4-8-12-16(20)19-22)17(21)18-14-9-5-3-6-10-14/h3-4,6-7,10-11,16H,1,5,8-9,12-14H2,2H3,(H,19,21);2-3,5-6,9-10,15,22H,1,4,7-8,11-13H2,(H,18,21)(H,19,20). The van der Waals surface area contributed by atoms with Gasteiger partial charge in [-0.1, -0.05) is 74.2 Å². The van der Waals surface area contributed by atoms with E-state index in [2.05, 4.69) is 28.5 Å². The Kier molecular flexibility index (Phi) is 22.4. The van der Waals surface area contributed by atoms with Gasteiger partial charge in [-0.2, -0.15) is 0 Å². The van der Waals surface area contributed by atoms with Crippen LogP contribution in [-0.2, 0) is 33.4 Å². The zero-order valence-corrected chi connectivity index (χ0v) is 26.8. The first-order chi connectivity index (χ1) is 22.3. The zero-order chi connectivity index (χ0) is 33.8. The number of ether oxygens (including phenoxy) is 3. The topological polar surface area (TPSA) is 152 Å². The lowest BCUT2D eigenvalue weighted by atomic mass is 10.1. The molecule has 4 N–H and O–H groups in total. The molecule has 11 nitrogen and oxygen atoms in total. The lowest BCUT2D eigenvalue weighted by Crippen LogP contribution is -2.30. The van der Waals surface area contributed by atoms with Gasteiger partial charge in [-0.25, -0.2) is 5.48 Å². The molecule has 2 rings (SSSR count). The van der Waals surface area contributed by atoms with Crippen LogP contribution in [-0.4, -0.2) is 61.4 Å². The average Bonchev–Trinajstić information content (AvgIpc) is 3.07. The first-order valence-corrected chi connectivity index (χ1v) is 15.5. The summed E-state index contributed by atoms with van der Waals surface area (Å²) in [4.78, 5) is 46.5. The number of unbranched alkanes of at least 4 members (excludes halogenated alkanes) is 4. The van der Waals surface area contributed by atoms with Crippen LogP contribution < -0.4 is 16.1 Å². The van der Waals surface area contributed by atoms with Crippen molar-refractivity contribution in [2.24, 2.45) is 0 Å². The Hall–Kier alpha value is -4.32. The first-order valence-electron chi connectivity index (χ1n) is 15.5. The first kappa shape index (κ1) is 39.7. The van der Waals surface area contributed by atoms with Gasteiger partial charge in [0.1, 0.15) is 12.2 Å². The van der Waals surface area contributed by atoms with Gasteiger partial charge in [0, 0.05) is 24.2 Å². The summed E-state index contributed by atoms with van der Waals surface area (Å²) >= 11 is 0. The van der Waals surface area contributed by atoms with Crippen LogP contribution in [0.5, 0.6) is 0 Å². The quantitative estimate of drug-likeness (QED) is 0.0404. The number of carbonyl (C=O) groups excluding carboxylic acids is 4. The van der Waals surface area contributed by atoms with Crippen molar-refractivity contribution >= 4 is 35.1 Å². The molecule has 0 bridgehead atoms. The Morgan fingerprint density at radius 3 is 1.52 bits per heavy atom. The third-order valence-electron chi connectivity index (χ3n) is 6.57. The molecule has 0 aliphatic heterocycles. The molecule has 0 spiro atoms. The van der Waals surface area contributed by atoms with Gasteiger partial charge in [-0.15, -0.1) is 13.2 Å². The maximum absolute atomic E-state index is 12.3. The molecule has 0 radical (unpaired) electrons. The molecule has 2 aromatic carbocycles. The van der Waals surface area contributed by atoms with Gasteiger partial charge >= 0.3 is 5.97 Å². The van der Waals surface area contributed by atoms with E-state index in [0.717, 1.165) is 43.5 Å². The summed E-state index contributed by atoms with van der Waals surface area (Å²) < 4.78 is 15.7. The molecule has 46 heavy (non-hydrogen) atoms. The van der Waals surface area contributed by atoms with Crippen molar-refractivity contribution in [2.75, 3.05) is 31.0 Å². The fourth-order valence-electron chi connectivity index (χ4n) is 4.16. The Labute approximate surface area is 272 Å². The third-order valence-corrected chi connectivity index (χ3v) is 6.57. The van der Waals surface area contributed by atoms with Gasteiger partial charge in [0.25, 0.3) is 11.8 Å². The molecule has 0 saturated heterocycles. The highest BCUT2D eigenvalue weighted by atomic mass is 16.5. The van der Waals surface area contributed by atoms with Gasteiger partial charge in [-0.3, -0.25) is 24.4 Å². The van der Waals surface area contributed by atoms with Crippen molar-refractivity contribution in [1.82, 2.24) is 5.48 Å². The Morgan fingerprint density at radius 1 is 0.696 bits per heavy atom. The number of methoxy groups -OCH3 is 1. The number of hydroxylamine groups is 1. The van der Waals surface area contributed by atoms with E-state index >= 15 is 0 Å². The third kappa shape index (κ3) is 19.1. The van der Waals surface area contributed by atoms with Crippen molar-refractivity contribution in [1.29, 1.82) is 0 Å². The maximum Gasteiger partial charge on any atom is 0.305 e. The van der Waals surface area contributed by atoms with Crippen molar-refractivity contribution in [3.05, 3.63) is 86.0 Å². The highest BCUT2D eigenvalue weighted by molar-refractivity contribution is 5.94. The molecule has 2 aromatic rings. The van der Waals surface area contributed by atoms with Crippen LogP contribution in [0.4, 0.5) is 11.4 Å². The van der Waals surface area contributed by atoms with Crippen LogP contribution in [0.15, 0.2) is 86.0 Å². The molecule has 0 fully saturated rings. The number of para-hydroxylation sites is 2. The van der Waals surface area contributed by atoms with Crippen molar-refractivity contribution in [2.45, 2.75) is 76.4 Å². The van der Waals surface area contributed by atoms with Gasteiger partial charge in [-0.05, 0) is 49.9 Å². The molecule has 0 heterocycles. The Morgan fingerprint density at radius 2 is 1.13 bits per heavy atom. The number of anilines is 2. The monoisotopic (exact) mass is 639 g/mol. The van der Waals surface area contributed by atoms with E-state index in [1.165, 1.54) is 7.11 Å². The zero-order valence-electron chi connectivity index (χ0n) is 26.8. The molecule has 0 aromatic heterocycles. The molecule has 11 heteroatoms. The van der Waals surface area contributed by atoms with E-state index in [1.54, 1.807) is 17.6 Å². The summed E-state index contributed by atoms with van der Waals surface area (Å²) in [5, 5.41) is 14.1. The number of esters is 1. The molecule has 2 atom stereocenters. The van der Waals surface area contributed by atoms with Gasteiger partial charge in [0.05, 0.1) is 20.3 Å². The molecule has 252 valence electrons. The summed E-state index contributed by atoms with van der Waals surface area (Å²) in [5.41, 5.74) is 3.07. The fourth-order valence-corrected chi connectivity index (χ4v) is 4.16. The largest absolute Gasteiger partial charge is 0.469 e. The SMILES string of the molecule is C=CCOC(CCCCCC(=O)NO)C(=O)Nc1ccccc1.C=CCOC(CCCCCC(=O)OC)C(=O)Nc1ccccc1. The number of hydrogen-bond acceptors (Lipinski definition) is 8. The van der Waals surface area contributed by atoms with Crippen molar-refractivity contribution in [3.63, 3.8) is 0 Å². The lowest BCUT2D eigenvalue weighted by Gasteiger charge is -2.17. The second kappa shape index (κ2) is 26.0. The molecule has 2 unspecified atom stereocenters. The average molecular weight is 640 g/mol. The summed E-state index contributed by atoms with van der Waals surface area (Å²) in [6.07, 6.45) is 8.59. The van der Waals surface area contributed by atoms with Gasteiger partial charge in [0.2, 0.25) is 5.91 Å². The van der Waals surface area contributed by atoms with E-state index in [0.29, 0.717) is 38.9 Å². The lowest BCUT2D eigenvalue weighted by molar-refractivity contribution is -0.140. The normalized spacial score (nSPS) is 11.5. The van der Waals surface area contributed by atoms with E-state index in [-0.39, 0.29) is 24.2 Å². The van der Waals surface area contributed by atoms with Gasteiger partial charge in [0.15, 0.2) is 0 Å². The van der Waals surface area contributed by atoms with Crippen LogP contribution in [0.25, 0.3) is 0 Å². The predicted molar refractivity (Wildman–Crippen MR) is 178 cm³/mol. The van der Waals surface area contributed by atoms with Crippen LogP contribution in [0, 0.1) is 0 Å². The minimum Gasteiger partial charge on any atom is -0.469 e. The number of nitrogens with one attached hydrogen (secondary N) is 3. The smallest absolute Gasteiger partial charge is 0.305 e. The minimum absolute atomic E-state index is 0.161. The minimum atomic E-state index is -0.556. The molecule has 3 amide bonds. The number of hydrogen-bond donors (Lipinski definition) is 4. The summed E-state index contributed by atoms with van der Waals surface area (Å²) in [6, 6.07) is 18.5. The fraction of sp³-hybridized carbons (Fsp3) is 0.429. The molecule has 0 saturated carbocycles. The Bertz CT molecular complexity index is 1070. The van der Waals surface area contributed by atoms with E-state index in [9.17, 15) is 19.2 Å². The predicted octanol–water partition coefficient (Wildman–Crippen LogP) is 5.97. The summed E-state index contributed by atoms with van der Waals surface area (Å²) in [5.74, 6) is -0.949. The van der Waals surface area contributed by atoms with Crippen LogP contribution in [0.2, 0.25) is 0 Å². The molecular formula is C35H49N3O8. The van der Waals surface area contributed by atoms with E-state index in [4.69, 9.17) is 14.7 Å². The van der Waals surface area contributed by atoms with Gasteiger partial charge < -0.3 is 24.8 Å². The highest BCUT2D eigenvalue weighted by Crippen LogP contribution is 2.14. The molecular weight excluding hydrogens is 590 g/mol. The molecule has 0 aliphatic rings. The number of rotatable bonds is 22. The second-order valence-electron chi connectivity index (χ2n) is 10.2. The number of amides is 3. The van der Waals surface area contributed by atoms with E-state index in [1.807, 2.05) is 60.7 Å². The van der Waals surface area contributed by atoms with Crippen molar-refractivity contribution in [3.8, 4) is 0 Å². The van der Waals surface area contributed by atoms with Crippen LogP contribution in [0.3, 0.4) is 0 Å².